The van der Waals surface area contributed by atoms with Crippen LogP contribution < -0.4 is 15.0 Å². The molecule has 0 aliphatic carbocycles. The zero-order valence-electron chi connectivity index (χ0n) is 16.3. The summed E-state index contributed by atoms with van der Waals surface area (Å²) in [4.78, 5) is 14.6. The molecule has 0 unspecified atom stereocenters. The van der Waals surface area contributed by atoms with Gasteiger partial charge in [0.1, 0.15) is 5.69 Å². The maximum absolute atomic E-state index is 12.6. The molecular weight excluding hydrogens is 413 g/mol. The number of carbonyl (C=O) groups is 1. The molecule has 2 aromatic heterocycles. The quantitative estimate of drug-likeness (QED) is 0.640. The molecule has 1 amide bonds. The molecule has 10 heteroatoms. The Kier molecular flexibility index (Phi) is 5.79. The molecule has 0 saturated carbocycles. The first kappa shape index (κ1) is 20.7. The normalized spacial score (nSPS) is 15.0. The third kappa shape index (κ3) is 5.14. The molecule has 0 bridgehead atoms. The largest absolute Gasteiger partial charge is 0.573 e. The van der Waals surface area contributed by atoms with Crippen molar-refractivity contribution in [2.45, 2.75) is 19.2 Å². The van der Waals surface area contributed by atoms with Gasteiger partial charge in [-0.2, -0.15) is 0 Å². The Bertz CT molecular complexity index is 1020. The monoisotopic (exact) mass is 432 g/mol. The van der Waals surface area contributed by atoms with Crippen LogP contribution in [0.2, 0.25) is 0 Å². The van der Waals surface area contributed by atoms with E-state index in [1.165, 1.54) is 18.2 Å². The summed E-state index contributed by atoms with van der Waals surface area (Å²) < 4.78 is 47.0. The number of furan rings is 1. The number of amides is 1. The molecule has 162 valence electrons. The lowest BCUT2D eigenvalue weighted by molar-refractivity contribution is -0.274. The maximum atomic E-state index is 12.6. The molecule has 0 radical (unpaired) electrons. The maximum Gasteiger partial charge on any atom is 0.573 e. The number of rotatable bonds is 5. The number of nitrogens with zero attached hydrogens (tertiary/aromatic N) is 3. The van der Waals surface area contributed by atoms with Crippen molar-refractivity contribution in [1.82, 2.24) is 10.2 Å². The van der Waals surface area contributed by atoms with Crippen LogP contribution in [0.15, 0.2) is 59.2 Å². The van der Waals surface area contributed by atoms with Crippen molar-refractivity contribution in [2.24, 2.45) is 5.92 Å². The first-order chi connectivity index (χ1) is 14.9. The molecule has 1 N–H and O–H groups in total. The van der Waals surface area contributed by atoms with Gasteiger partial charge in [-0.05, 0) is 49.2 Å². The van der Waals surface area contributed by atoms with Gasteiger partial charge in [-0.3, -0.25) is 4.79 Å². The Balaban J connectivity index is 1.34. The van der Waals surface area contributed by atoms with E-state index in [9.17, 15) is 18.0 Å². The number of hydrogen-bond acceptors (Lipinski definition) is 6. The van der Waals surface area contributed by atoms with Gasteiger partial charge in [0.05, 0.1) is 12.0 Å². The number of piperidine rings is 1. The van der Waals surface area contributed by atoms with Gasteiger partial charge in [0.15, 0.2) is 17.3 Å². The number of nitrogens with one attached hydrogen (secondary N) is 1. The van der Waals surface area contributed by atoms with Crippen LogP contribution in [0.1, 0.15) is 12.8 Å². The summed E-state index contributed by atoms with van der Waals surface area (Å²) >= 11 is 0. The zero-order chi connectivity index (χ0) is 21.8. The van der Waals surface area contributed by atoms with Crippen LogP contribution in [0.25, 0.3) is 11.5 Å². The van der Waals surface area contributed by atoms with E-state index in [1.807, 2.05) is 17.0 Å². The summed E-state index contributed by atoms with van der Waals surface area (Å²) in [7, 11) is 0. The minimum absolute atomic E-state index is 0.00774. The summed E-state index contributed by atoms with van der Waals surface area (Å²) in [6.07, 6.45) is -2.19. The average Bonchev–Trinajstić information content (AvgIpc) is 3.29. The fourth-order valence-electron chi connectivity index (χ4n) is 3.44. The summed E-state index contributed by atoms with van der Waals surface area (Å²) in [6.45, 7) is 1.15. The van der Waals surface area contributed by atoms with Gasteiger partial charge in [-0.25, -0.2) is 0 Å². The predicted octanol–water partition coefficient (Wildman–Crippen LogP) is 4.49. The molecule has 1 aliphatic heterocycles. The van der Waals surface area contributed by atoms with Crippen molar-refractivity contribution in [3.05, 3.63) is 54.8 Å². The van der Waals surface area contributed by atoms with E-state index in [0.29, 0.717) is 43.2 Å². The molecule has 0 spiro atoms. The Morgan fingerprint density at radius 2 is 1.84 bits per heavy atom. The van der Waals surface area contributed by atoms with Crippen molar-refractivity contribution >= 4 is 17.4 Å². The molecule has 3 heterocycles. The van der Waals surface area contributed by atoms with Gasteiger partial charge < -0.3 is 19.4 Å². The molecular formula is C21H19F3N4O3. The summed E-state index contributed by atoms with van der Waals surface area (Å²) in [5, 5.41) is 11.0. The van der Waals surface area contributed by atoms with Crippen molar-refractivity contribution in [2.75, 3.05) is 23.3 Å². The molecule has 3 aromatic rings. The predicted molar refractivity (Wildman–Crippen MR) is 106 cm³/mol. The van der Waals surface area contributed by atoms with Crippen LogP contribution in [0.4, 0.5) is 24.7 Å². The fraction of sp³-hybridized carbons (Fsp3) is 0.286. The number of benzene rings is 1. The number of aromatic nitrogens is 2. The van der Waals surface area contributed by atoms with Gasteiger partial charge in [-0.15, -0.1) is 23.4 Å². The van der Waals surface area contributed by atoms with E-state index < -0.39 is 12.1 Å². The fourth-order valence-corrected chi connectivity index (χ4v) is 3.44. The minimum atomic E-state index is -4.83. The number of halogens is 3. The SMILES string of the molecule is O=C(Nc1ccccc1OC(F)(F)F)C1CCN(c2ccc(-c3ccco3)nn2)CC1. The molecule has 1 aliphatic rings. The van der Waals surface area contributed by atoms with E-state index in [2.05, 4.69) is 20.3 Å². The standard InChI is InChI=1S/C21H19F3N4O3/c22-21(23,24)31-18-5-2-1-4-15(18)25-20(29)14-9-11-28(12-10-14)19-8-7-16(26-27-19)17-6-3-13-30-17/h1-8,13-14H,9-12H2,(H,25,29). The average molecular weight is 432 g/mol. The number of hydrogen-bond donors (Lipinski definition) is 1. The Hall–Kier alpha value is -3.56. The second kappa shape index (κ2) is 8.66. The lowest BCUT2D eigenvalue weighted by atomic mass is 9.95. The number of para-hydroxylation sites is 2. The van der Waals surface area contributed by atoms with E-state index in [-0.39, 0.29) is 17.5 Å². The lowest BCUT2D eigenvalue weighted by Crippen LogP contribution is -2.38. The summed E-state index contributed by atoms with van der Waals surface area (Å²) in [6, 6.07) is 12.7. The Morgan fingerprint density at radius 1 is 1.06 bits per heavy atom. The number of anilines is 2. The summed E-state index contributed by atoms with van der Waals surface area (Å²) in [5.74, 6) is 0.220. The van der Waals surface area contributed by atoms with Crippen LogP contribution >= 0.6 is 0 Å². The second-order valence-electron chi connectivity index (χ2n) is 7.05. The van der Waals surface area contributed by atoms with Gasteiger partial charge in [-0.1, -0.05) is 12.1 Å². The van der Waals surface area contributed by atoms with E-state index in [0.717, 1.165) is 6.07 Å². The number of ether oxygens (including phenoxy) is 1. The molecule has 0 atom stereocenters. The smallest absolute Gasteiger partial charge is 0.463 e. The van der Waals surface area contributed by atoms with Gasteiger partial charge in [0.25, 0.3) is 0 Å². The molecule has 1 saturated heterocycles. The van der Waals surface area contributed by atoms with Crippen molar-refractivity contribution in [3.8, 4) is 17.2 Å². The first-order valence-electron chi connectivity index (χ1n) is 9.67. The number of carbonyl (C=O) groups excluding carboxylic acids is 1. The van der Waals surface area contributed by atoms with Crippen LogP contribution in [-0.2, 0) is 4.79 Å². The van der Waals surface area contributed by atoms with Crippen molar-refractivity contribution in [3.63, 3.8) is 0 Å². The molecule has 1 fully saturated rings. The van der Waals surface area contributed by atoms with E-state index in [4.69, 9.17) is 4.42 Å². The van der Waals surface area contributed by atoms with Crippen LogP contribution in [-0.4, -0.2) is 35.6 Å². The first-order valence-corrected chi connectivity index (χ1v) is 9.67. The molecule has 4 rings (SSSR count). The third-order valence-electron chi connectivity index (χ3n) is 4.98. The number of alkyl halides is 3. The minimum Gasteiger partial charge on any atom is -0.463 e. The highest BCUT2D eigenvalue weighted by atomic mass is 19.4. The van der Waals surface area contributed by atoms with Gasteiger partial charge in [0, 0.05) is 19.0 Å². The second-order valence-corrected chi connectivity index (χ2v) is 7.05. The topological polar surface area (TPSA) is 80.5 Å². The van der Waals surface area contributed by atoms with Crippen LogP contribution in [0.5, 0.6) is 5.75 Å². The third-order valence-corrected chi connectivity index (χ3v) is 4.98. The molecule has 31 heavy (non-hydrogen) atoms. The van der Waals surface area contributed by atoms with E-state index >= 15 is 0 Å². The highest BCUT2D eigenvalue weighted by Gasteiger charge is 2.33. The summed E-state index contributed by atoms with van der Waals surface area (Å²) in [5.41, 5.74) is 0.620. The molecule has 7 nitrogen and oxygen atoms in total. The zero-order valence-corrected chi connectivity index (χ0v) is 16.3. The van der Waals surface area contributed by atoms with Crippen LogP contribution in [0.3, 0.4) is 0 Å². The van der Waals surface area contributed by atoms with E-state index in [1.54, 1.807) is 18.4 Å². The Labute approximate surface area is 175 Å². The highest BCUT2D eigenvalue weighted by Crippen LogP contribution is 2.31. The Morgan fingerprint density at radius 3 is 2.48 bits per heavy atom. The van der Waals surface area contributed by atoms with Crippen LogP contribution in [0, 0.1) is 5.92 Å². The van der Waals surface area contributed by atoms with Crippen molar-refractivity contribution < 1.29 is 27.1 Å². The highest BCUT2D eigenvalue weighted by molar-refractivity contribution is 5.94. The van der Waals surface area contributed by atoms with Gasteiger partial charge in [0.2, 0.25) is 5.91 Å². The lowest BCUT2D eigenvalue weighted by Gasteiger charge is -2.31. The van der Waals surface area contributed by atoms with Gasteiger partial charge >= 0.3 is 6.36 Å². The van der Waals surface area contributed by atoms with Crippen molar-refractivity contribution in [1.29, 1.82) is 0 Å². The molecule has 1 aromatic carbocycles.